The molecule has 2 aliphatic rings. The van der Waals surface area contributed by atoms with Gasteiger partial charge in [-0.3, -0.25) is 9.69 Å². The van der Waals surface area contributed by atoms with Crippen LogP contribution in [0.4, 0.5) is 5.95 Å². The van der Waals surface area contributed by atoms with E-state index in [0.717, 1.165) is 16.7 Å². The molecule has 3 aromatic carbocycles. The van der Waals surface area contributed by atoms with E-state index in [1.807, 2.05) is 55.1 Å². The Hall–Kier alpha value is -4.28. The molecule has 1 amide bonds. The van der Waals surface area contributed by atoms with Crippen molar-refractivity contribution in [2.24, 2.45) is 5.92 Å². The molecule has 0 aliphatic carbocycles. The fourth-order valence-electron chi connectivity index (χ4n) is 6.37. The molecule has 0 spiro atoms. The predicted molar refractivity (Wildman–Crippen MR) is 175 cm³/mol. The molecule has 2 aliphatic heterocycles. The number of nitrogens with one attached hydrogen (secondary N) is 1. The highest BCUT2D eigenvalue weighted by atomic mass is 32.2. The minimum absolute atomic E-state index is 0.0337. The molecule has 1 N–H and O–H groups in total. The molecule has 6 bridgehead atoms. The minimum atomic E-state index is -4.12. The minimum Gasteiger partial charge on any atom is -0.471 e. The van der Waals surface area contributed by atoms with Crippen molar-refractivity contribution >= 4 is 21.9 Å². The Labute approximate surface area is 265 Å². The fourth-order valence-corrected chi connectivity index (χ4v) is 7.36. The van der Waals surface area contributed by atoms with Crippen LogP contribution >= 0.6 is 0 Å². The summed E-state index contributed by atoms with van der Waals surface area (Å²) in [5, 5.41) is 0. The van der Waals surface area contributed by atoms with Crippen LogP contribution in [0.1, 0.15) is 47.3 Å². The van der Waals surface area contributed by atoms with Gasteiger partial charge in [0.05, 0.1) is 16.6 Å². The van der Waals surface area contributed by atoms with Crippen molar-refractivity contribution in [1.82, 2.24) is 19.8 Å². The average molecular weight is 626 g/mol. The smallest absolute Gasteiger partial charge is 0.264 e. The summed E-state index contributed by atoms with van der Waals surface area (Å²) < 4.78 is 36.6. The van der Waals surface area contributed by atoms with Crippen molar-refractivity contribution < 1.29 is 17.9 Å². The monoisotopic (exact) mass is 625 g/mol. The van der Waals surface area contributed by atoms with E-state index in [-0.39, 0.29) is 34.6 Å². The van der Waals surface area contributed by atoms with Crippen LogP contribution in [0, 0.1) is 19.8 Å². The number of carbonyl (C=O) groups is 1. The molecule has 3 heterocycles. The molecule has 45 heavy (non-hydrogen) atoms. The first kappa shape index (κ1) is 30.7. The maximum atomic E-state index is 14.3. The lowest BCUT2D eigenvalue weighted by atomic mass is 9.96. The average Bonchev–Trinajstić information content (AvgIpc) is 3.15. The highest BCUT2D eigenvalue weighted by Gasteiger charge is 2.38. The van der Waals surface area contributed by atoms with Crippen LogP contribution in [0.2, 0.25) is 0 Å². The number of fused-ring (bicyclic) bond motifs is 6. The van der Waals surface area contributed by atoms with Crippen molar-refractivity contribution in [3.05, 3.63) is 101 Å². The number of aryl methyl sites for hydroxylation is 2. The second-order valence-corrected chi connectivity index (χ2v) is 14.1. The maximum Gasteiger partial charge on any atom is 0.264 e. The van der Waals surface area contributed by atoms with E-state index in [2.05, 4.69) is 45.6 Å². The van der Waals surface area contributed by atoms with Gasteiger partial charge in [-0.05, 0) is 61.1 Å². The summed E-state index contributed by atoms with van der Waals surface area (Å²) >= 11 is 0. The zero-order valence-corrected chi connectivity index (χ0v) is 26.9. The predicted octanol–water partition coefficient (Wildman–Crippen LogP) is 5.69. The highest BCUT2D eigenvalue weighted by Crippen LogP contribution is 2.32. The molecule has 0 unspecified atom stereocenters. The number of aromatic nitrogens is 2. The summed E-state index contributed by atoms with van der Waals surface area (Å²) in [5.74, 6) is 0.209. The summed E-state index contributed by atoms with van der Waals surface area (Å²) in [7, 11) is -4.12. The lowest BCUT2D eigenvalue weighted by molar-refractivity contribution is 0.0418. The zero-order chi connectivity index (χ0) is 31.7. The summed E-state index contributed by atoms with van der Waals surface area (Å²) in [6.07, 6.45) is 0.254. The van der Waals surface area contributed by atoms with Crippen LogP contribution in [0.15, 0.2) is 83.8 Å². The molecule has 234 valence electrons. The van der Waals surface area contributed by atoms with Gasteiger partial charge < -0.3 is 9.64 Å². The third kappa shape index (κ3) is 6.72. The van der Waals surface area contributed by atoms with Gasteiger partial charge in [0.15, 0.2) is 0 Å². The first-order chi connectivity index (χ1) is 21.6. The lowest BCUT2D eigenvalue weighted by Gasteiger charge is -2.36. The van der Waals surface area contributed by atoms with Gasteiger partial charge in [-0.25, -0.2) is 18.1 Å². The fraction of sp³-hybridized carbons (Fsp3) is 0.343. The number of hydrogen-bond acceptors (Lipinski definition) is 7. The van der Waals surface area contributed by atoms with Crippen LogP contribution in [-0.2, 0) is 16.6 Å². The molecule has 0 radical (unpaired) electrons. The van der Waals surface area contributed by atoms with E-state index in [1.54, 1.807) is 18.2 Å². The topological polar surface area (TPSA) is 105 Å². The zero-order valence-electron chi connectivity index (χ0n) is 26.1. The van der Waals surface area contributed by atoms with Crippen molar-refractivity contribution in [3.63, 3.8) is 0 Å². The molecule has 6 rings (SSSR count). The van der Waals surface area contributed by atoms with Gasteiger partial charge in [-0.15, -0.1) is 0 Å². The van der Waals surface area contributed by atoms with Gasteiger partial charge in [0.1, 0.15) is 6.10 Å². The summed E-state index contributed by atoms with van der Waals surface area (Å²) in [4.78, 5) is 27.7. The second kappa shape index (κ2) is 12.6. The van der Waals surface area contributed by atoms with Crippen LogP contribution in [0.25, 0.3) is 11.3 Å². The van der Waals surface area contributed by atoms with Gasteiger partial charge in [0, 0.05) is 43.4 Å². The Balaban J connectivity index is 1.53. The molecular formula is C35H39N5O4S. The standard InChI is InChI=1S/C35H39N5O4S/c1-23(2)18-30-31-22-39(21-26-12-6-5-7-13-26)16-17-40(30)34(41)27-14-9-15-28(19-27)45(42,43)38-35-36-29(20-32(37-35)44-31)33-24(3)10-8-11-25(33)4/h5-15,19-20,23,30-31H,16-18,21-22H2,1-4H3,(H,36,37,38)/t30-,31-/m1/s1. The normalized spacial score (nSPS) is 19.8. The number of anilines is 1. The van der Waals surface area contributed by atoms with E-state index in [4.69, 9.17) is 4.74 Å². The SMILES string of the molecule is Cc1cccc(C)c1-c1cc2nc(n1)NS(=O)(=O)c1cccc(c1)C(=O)N1CCN(Cc3ccccc3)C[C@@H](O2)[C@H]1CC(C)C. The van der Waals surface area contributed by atoms with E-state index in [9.17, 15) is 13.2 Å². The Kier molecular flexibility index (Phi) is 8.61. The molecule has 10 heteroatoms. The van der Waals surface area contributed by atoms with Gasteiger partial charge in [-0.2, -0.15) is 4.98 Å². The van der Waals surface area contributed by atoms with Crippen molar-refractivity contribution in [2.75, 3.05) is 24.4 Å². The number of amides is 1. The Bertz CT molecular complexity index is 1790. The van der Waals surface area contributed by atoms with Crippen LogP contribution < -0.4 is 9.46 Å². The number of ether oxygens (including phenoxy) is 1. The third-order valence-electron chi connectivity index (χ3n) is 8.48. The Morgan fingerprint density at radius 1 is 0.933 bits per heavy atom. The summed E-state index contributed by atoms with van der Waals surface area (Å²) in [6.45, 7) is 10.6. The first-order valence-corrected chi connectivity index (χ1v) is 16.9. The first-order valence-electron chi connectivity index (χ1n) is 15.4. The molecule has 4 aromatic rings. The van der Waals surface area contributed by atoms with Crippen molar-refractivity contribution in [1.29, 1.82) is 0 Å². The number of carbonyl (C=O) groups excluding carboxylic acids is 1. The van der Waals surface area contributed by atoms with Crippen molar-refractivity contribution in [2.45, 2.75) is 57.7 Å². The van der Waals surface area contributed by atoms with E-state index in [0.29, 0.717) is 43.9 Å². The summed E-state index contributed by atoms with van der Waals surface area (Å²) in [6, 6.07) is 23.9. The van der Waals surface area contributed by atoms with Gasteiger partial charge in [0.25, 0.3) is 15.9 Å². The Morgan fingerprint density at radius 2 is 1.67 bits per heavy atom. The number of sulfonamides is 1. The van der Waals surface area contributed by atoms with Crippen LogP contribution in [0.5, 0.6) is 5.88 Å². The van der Waals surface area contributed by atoms with E-state index >= 15 is 0 Å². The van der Waals surface area contributed by atoms with Crippen LogP contribution in [0.3, 0.4) is 0 Å². The molecule has 0 saturated carbocycles. The van der Waals surface area contributed by atoms with Crippen molar-refractivity contribution in [3.8, 4) is 17.1 Å². The number of nitrogens with zero attached hydrogens (tertiary/aromatic N) is 4. The van der Waals surface area contributed by atoms with Gasteiger partial charge in [-0.1, -0.05) is 68.4 Å². The number of hydrogen-bond donors (Lipinski definition) is 1. The third-order valence-corrected chi connectivity index (χ3v) is 9.80. The molecular weight excluding hydrogens is 586 g/mol. The van der Waals surface area contributed by atoms with E-state index in [1.165, 1.54) is 17.7 Å². The van der Waals surface area contributed by atoms with Crippen LogP contribution in [-0.4, -0.2) is 65.9 Å². The molecule has 1 fully saturated rings. The van der Waals surface area contributed by atoms with Gasteiger partial charge >= 0.3 is 0 Å². The van der Waals surface area contributed by atoms with E-state index < -0.39 is 16.1 Å². The highest BCUT2D eigenvalue weighted by molar-refractivity contribution is 7.92. The largest absolute Gasteiger partial charge is 0.471 e. The molecule has 2 atom stereocenters. The molecule has 9 nitrogen and oxygen atoms in total. The number of rotatable bonds is 5. The molecule has 1 aromatic heterocycles. The lowest BCUT2D eigenvalue weighted by Crippen LogP contribution is -2.50. The number of benzene rings is 3. The maximum absolute atomic E-state index is 14.3. The second-order valence-electron chi connectivity index (χ2n) is 12.4. The Morgan fingerprint density at radius 3 is 2.40 bits per heavy atom. The molecule has 1 saturated heterocycles. The quantitative estimate of drug-likeness (QED) is 0.304. The van der Waals surface area contributed by atoms with Gasteiger partial charge in [0.2, 0.25) is 11.8 Å². The summed E-state index contributed by atoms with van der Waals surface area (Å²) in [5.41, 5.74) is 4.92.